The van der Waals surface area contributed by atoms with Crippen molar-refractivity contribution in [3.63, 3.8) is 0 Å². The topological polar surface area (TPSA) is 81.2 Å². The van der Waals surface area contributed by atoms with Crippen molar-refractivity contribution in [2.24, 2.45) is 0 Å². The fourth-order valence-corrected chi connectivity index (χ4v) is 2.19. The Kier molecular flexibility index (Phi) is 2.38. The number of anilines is 2. The summed E-state index contributed by atoms with van der Waals surface area (Å²) < 4.78 is 1.65. The number of nitrogens with two attached hydrogens (primary N) is 1. The molecule has 2 amide bonds. The fraction of sp³-hybridized carbons (Fsp3) is 0.154. The highest BCUT2D eigenvalue weighted by Crippen LogP contribution is 2.31. The van der Waals surface area contributed by atoms with E-state index in [9.17, 15) is 9.59 Å². The number of hydrogen-bond acceptors (Lipinski definition) is 4. The second-order valence-electron chi connectivity index (χ2n) is 4.27. The van der Waals surface area contributed by atoms with Crippen molar-refractivity contribution in [1.29, 1.82) is 0 Å². The molecule has 1 aromatic carbocycles. The monoisotopic (exact) mass is 256 g/mol. The molecule has 3 rings (SSSR count). The van der Waals surface area contributed by atoms with Crippen molar-refractivity contribution in [3.05, 3.63) is 41.7 Å². The SMILES string of the molecule is CCn1cc(N2C(=O)c3cccc(N)c3C2=O)cn1. The van der Waals surface area contributed by atoms with Crippen LogP contribution in [-0.2, 0) is 6.54 Å². The van der Waals surface area contributed by atoms with Crippen LogP contribution >= 0.6 is 0 Å². The van der Waals surface area contributed by atoms with Gasteiger partial charge >= 0.3 is 0 Å². The number of carbonyl (C=O) groups excluding carboxylic acids is 2. The molecule has 0 atom stereocenters. The van der Waals surface area contributed by atoms with Gasteiger partial charge in [0.25, 0.3) is 11.8 Å². The van der Waals surface area contributed by atoms with Crippen molar-refractivity contribution in [1.82, 2.24) is 9.78 Å². The van der Waals surface area contributed by atoms with Crippen molar-refractivity contribution in [2.45, 2.75) is 13.5 Å². The van der Waals surface area contributed by atoms with Crippen LogP contribution in [-0.4, -0.2) is 21.6 Å². The van der Waals surface area contributed by atoms with Gasteiger partial charge in [-0.25, -0.2) is 4.90 Å². The van der Waals surface area contributed by atoms with Gasteiger partial charge < -0.3 is 5.73 Å². The number of imide groups is 1. The summed E-state index contributed by atoms with van der Waals surface area (Å²) in [7, 11) is 0. The van der Waals surface area contributed by atoms with Crippen LogP contribution < -0.4 is 10.6 Å². The van der Waals surface area contributed by atoms with Crippen LogP contribution in [0.25, 0.3) is 0 Å². The molecule has 1 aromatic heterocycles. The summed E-state index contributed by atoms with van der Waals surface area (Å²) >= 11 is 0. The molecule has 96 valence electrons. The maximum absolute atomic E-state index is 12.3. The van der Waals surface area contributed by atoms with Crippen LogP contribution in [0.5, 0.6) is 0 Å². The Morgan fingerprint density at radius 2 is 2.05 bits per heavy atom. The zero-order valence-corrected chi connectivity index (χ0v) is 10.3. The molecule has 19 heavy (non-hydrogen) atoms. The van der Waals surface area contributed by atoms with Crippen molar-refractivity contribution in [3.8, 4) is 0 Å². The van der Waals surface area contributed by atoms with Gasteiger partial charge in [0.2, 0.25) is 0 Å². The second kappa shape index (κ2) is 3.94. The van der Waals surface area contributed by atoms with E-state index in [2.05, 4.69) is 5.10 Å². The molecule has 6 heteroatoms. The minimum atomic E-state index is -0.395. The van der Waals surface area contributed by atoms with Crippen LogP contribution in [0.3, 0.4) is 0 Å². The van der Waals surface area contributed by atoms with Crippen LogP contribution in [0, 0.1) is 0 Å². The third-order valence-electron chi connectivity index (χ3n) is 3.15. The summed E-state index contributed by atoms with van der Waals surface area (Å²) in [5.41, 5.74) is 7.18. The number of aryl methyl sites for hydroxylation is 1. The first-order chi connectivity index (χ1) is 9.13. The standard InChI is InChI=1S/C13H12N4O2/c1-2-16-7-8(6-15-16)17-12(18)9-4-3-5-10(14)11(9)13(17)19/h3-7H,2,14H2,1H3. The van der Waals surface area contributed by atoms with E-state index < -0.39 is 5.91 Å². The van der Waals surface area contributed by atoms with Gasteiger partial charge in [-0.1, -0.05) is 6.07 Å². The van der Waals surface area contributed by atoms with Crippen LogP contribution in [0.2, 0.25) is 0 Å². The maximum Gasteiger partial charge on any atom is 0.268 e. The van der Waals surface area contributed by atoms with Gasteiger partial charge in [-0.05, 0) is 19.1 Å². The second-order valence-corrected chi connectivity index (χ2v) is 4.27. The summed E-state index contributed by atoms with van der Waals surface area (Å²) in [6, 6.07) is 4.89. The highest BCUT2D eigenvalue weighted by molar-refractivity contribution is 6.35. The van der Waals surface area contributed by atoms with Gasteiger partial charge in [-0.2, -0.15) is 5.10 Å². The molecule has 0 spiro atoms. The lowest BCUT2D eigenvalue weighted by molar-refractivity contribution is 0.0926. The summed E-state index contributed by atoms with van der Waals surface area (Å²) in [6.07, 6.45) is 3.17. The first-order valence-corrected chi connectivity index (χ1v) is 5.93. The van der Waals surface area contributed by atoms with E-state index in [0.29, 0.717) is 23.5 Å². The Balaban J connectivity index is 2.10. The quantitative estimate of drug-likeness (QED) is 0.648. The molecule has 6 nitrogen and oxygen atoms in total. The maximum atomic E-state index is 12.3. The molecule has 0 saturated heterocycles. The zero-order valence-electron chi connectivity index (χ0n) is 10.3. The van der Waals surface area contributed by atoms with Gasteiger partial charge in [-0.3, -0.25) is 14.3 Å². The molecular formula is C13H12N4O2. The highest BCUT2D eigenvalue weighted by Gasteiger charge is 2.38. The third-order valence-corrected chi connectivity index (χ3v) is 3.15. The molecule has 0 aliphatic carbocycles. The number of fused-ring (bicyclic) bond motifs is 1. The van der Waals surface area contributed by atoms with Crippen molar-refractivity contribution >= 4 is 23.2 Å². The minimum absolute atomic E-state index is 0.275. The van der Waals surface area contributed by atoms with Gasteiger partial charge in [0.15, 0.2) is 0 Å². The van der Waals surface area contributed by atoms with Crippen LogP contribution in [0.4, 0.5) is 11.4 Å². The number of nitrogens with zero attached hydrogens (tertiary/aromatic N) is 3. The average molecular weight is 256 g/mol. The summed E-state index contributed by atoms with van der Waals surface area (Å²) in [5, 5.41) is 4.07. The van der Waals surface area contributed by atoms with E-state index in [0.717, 1.165) is 4.90 Å². The number of rotatable bonds is 2. The fourth-order valence-electron chi connectivity index (χ4n) is 2.19. The summed E-state index contributed by atoms with van der Waals surface area (Å²) in [4.78, 5) is 25.7. The number of aromatic nitrogens is 2. The van der Waals surface area contributed by atoms with Crippen LogP contribution in [0.15, 0.2) is 30.6 Å². The molecule has 0 saturated carbocycles. The Morgan fingerprint density at radius 1 is 1.26 bits per heavy atom. The molecule has 1 aliphatic heterocycles. The smallest absolute Gasteiger partial charge is 0.268 e. The lowest BCUT2D eigenvalue weighted by Crippen LogP contribution is -2.29. The van der Waals surface area contributed by atoms with E-state index in [1.165, 1.54) is 6.20 Å². The van der Waals surface area contributed by atoms with Gasteiger partial charge in [0.05, 0.1) is 23.0 Å². The Bertz CT molecular complexity index is 690. The van der Waals surface area contributed by atoms with E-state index >= 15 is 0 Å². The molecular weight excluding hydrogens is 244 g/mol. The number of benzene rings is 1. The van der Waals surface area contributed by atoms with Gasteiger partial charge in [-0.15, -0.1) is 0 Å². The van der Waals surface area contributed by atoms with Gasteiger partial charge in [0, 0.05) is 18.4 Å². The van der Waals surface area contributed by atoms with Crippen LogP contribution in [0.1, 0.15) is 27.6 Å². The number of hydrogen-bond donors (Lipinski definition) is 1. The molecule has 2 N–H and O–H groups in total. The zero-order chi connectivity index (χ0) is 13.6. The minimum Gasteiger partial charge on any atom is -0.398 e. The lowest BCUT2D eigenvalue weighted by atomic mass is 10.1. The molecule has 0 fully saturated rings. The van der Waals surface area contributed by atoms with E-state index in [1.54, 1.807) is 29.1 Å². The van der Waals surface area contributed by atoms with Crippen molar-refractivity contribution < 1.29 is 9.59 Å². The average Bonchev–Trinajstić information content (AvgIpc) is 2.95. The summed E-state index contributed by atoms with van der Waals surface area (Å²) in [6.45, 7) is 2.60. The molecule has 1 aliphatic rings. The van der Waals surface area contributed by atoms with Crippen molar-refractivity contribution in [2.75, 3.05) is 10.6 Å². The Hall–Kier alpha value is -2.63. The normalized spacial score (nSPS) is 14.1. The third kappa shape index (κ3) is 1.53. The van der Waals surface area contributed by atoms with E-state index in [1.807, 2.05) is 6.92 Å². The Labute approximate surface area is 109 Å². The predicted octanol–water partition coefficient (Wildman–Crippen LogP) is 1.29. The molecule has 2 aromatic rings. The highest BCUT2D eigenvalue weighted by atomic mass is 16.2. The largest absolute Gasteiger partial charge is 0.398 e. The molecule has 0 unspecified atom stereocenters. The van der Waals surface area contributed by atoms with E-state index in [4.69, 9.17) is 5.73 Å². The molecule has 0 radical (unpaired) electrons. The van der Waals surface area contributed by atoms with E-state index in [-0.39, 0.29) is 11.5 Å². The number of carbonyl (C=O) groups is 2. The molecule has 2 heterocycles. The summed E-state index contributed by atoms with van der Waals surface area (Å²) in [5.74, 6) is -0.753. The lowest BCUT2D eigenvalue weighted by Gasteiger charge is -2.10. The first kappa shape index (κ1) is 11.5. The first-order valence-electron chi connectivity index (χ1n) is 5.93. The van der Waals surface area contributed by atoms with Gasteiger partial charge in [0.1, 0.15) is 0 Å². The number of nitrogen functional groups attached to an aromatic ring is 1. The molecule has 0 bridgehead atoms. The predicted molar refractivity (Wildman–Crippen MR) is 69.9 cm³/mol. The Morgan fingerprint density at radius 3 is 2.68 bits per heavy atom. The number of amides is 2.